The number of carbonyl (C=O) groups excluding carboxylic acids is 1. The van der Waals surface area contributed by atoms with Gasteiger partial charge in [-0.05, 0) is 31.5 Å². The van der Waals surface area contributed by atoms with Crippen LogP contribution in [0.5, 0.6) is 0 Å². The predicted octanol–water partition coefficient (Wildman–Crippen LogP) is 4.02. The van der Waals surface area contributed by atoms with E-state index < -0.39 is 0 Å². The second-order valence-corrected chi connectivity index (χ2v) is 7.43. The Morgan fingerprint density at radius 3 is 2.76 bits per heavy atom. The van der Waals surface area contributed by atoms with Crippen LogP contribution in [0, 0.1) is 5.92 Å². The Kier molecular flexibility index (Phi) is 5.35. The van der Waals surface area contributed by atoms with Gasteiger partial charge in [0.1, 0.15) is 0 Å². The van der Waals surface area contributed by atoms with Crippen LogP contribution in [-0.4, -0.2) is 46.5 Å². The van der Waals surface area contributed by atoms with Crippen LogP contribution in [0.1, 0.15) is 27.2 Å². The normalized spacial score (nSPS) is 17.5. The van der Waals surface area contributed by atoms with Crippen LogP contribution in [-0.2, 0) is 4.79 Å². The number of rotatable bonds is 4. The lowest BCUT2D eigenvalue weighted by Gasteiger charge is -2.29. The predicted molar refractivity (Wildman–Crippen MR) is 102 cm³/mol. The van der Waals surface area contributed by atoms with Gasteiger partial charge in [0.05, 0.1) is 17.1 Å². The number of carbonyl (C=O) groups is 1. The summed E-state index contributed by atoms with van der Waals surface area (Å²) in [5.41, 5.74) is 1.44. The van der Waals surface area contributed by atoms with Gasteiger partial charge in [-0.2, -0.15) is 0 Å². The first kappa shape index (κ1) is 18.2. The van der Waals surface area contributed by atoms with Crippen molar-refractivity contribution in [1.82, 2.24) is 14.9 Å². The Morgan fingerprint density at radius 2 is 2.08 bits per heavy atom. The molecule has 134 valence electrons. The molecule has 1 atom stereocenters. The van der Waals surface area contributed by atoms with E-state index in [0.29, 0.717) is 29.1 Å². The summed E-state index contributed by atoms with van der Waals surface area (Å²) >= 11 is 12.4. The molecule has 5 nitrogen and oxygen atoms in total. The van der Waals surface area contributed by atoms with Gasteiger partial charge in [0, 0.05) is 30.6 Å². The maximum atomic E-state index is 12.4. The molecule has 3 rings (SSSR count). The Balaban J connectivity index is 1.85. The van der Waals surface area contributed by atoms with Crippen LogP contribution in [0.4, 0.5) is 5.82 Å². The molecule has 1 saturated heterocycles. The maximum absolute atomic E-state index is 12.4. The van der Waals surface area contributed by atoms with Crippen molar-refractivity contribution in [3.8, 4) is 0 Å². The van der Waals surface area contributed by atoms with Gasteiger partial charge in [-0.1, -0.05) is 37.0 Å². The third-order valence-electron chi connectivity index (χ3n) is 4.59. The number of fused-ring (bicyclic) bond motifs is 1. The van der Waals surface area contributed by atoms with E-state index in [1.807, 2.05) is 31.7 Å². The number of nitrogens with zero attached hydrogens (tertiary/aromatic N) is 4. The molecule has 2 heterocycles. The molecule has 0 spiro atoms. The Bertz CT molecular complexity index is 796. The van der Waals surface area contributed by atoms with Crippen molar-refractivity contribution in [1.29, 1.82) is 0 Å². The number of benzene rings is 1. The molecule has 1 aliphatic rings. The minimum absolute atomic E-state index is 0.000176. The van der Waals surface area contributed by atoms with E-state index >= 15 is 0 Å². The SMILES string of the molecule is CCN(C(=O)C(C)C)[C@H]1CCN(c2nc3cc(Cl)ccc3nc2Cl)C1. The minimum Gasteiger partial charge on any atom is -0.352 e. The summed E-state index contributed by atoms with van der Waals surface area (Å²) in [5, 5.41) is 1.00. The lowest BCUT2D eigenvalue weighted by atomic mass is 10.1. The lowest BCUT2D eigenvalue weighted by Crippen LogP contribution is -2.43. The van der Waals surface area contributed by atoms with Crippen molar-refractivity contribution in [2.45, 2.75) is 33.2 Å². The van der Waals surface area contributed by atoms with Crippen molar-refractivity contribution in [3.05, 3.63) is 28.4 Å². The standard InChI is InChI=1S/C18H22Cl2N4O/c1-4-24(18(25)11(2)3)13-7-8-23(10-13)17-16(20)21-14-6-5-12(19)9-15(14)22-17/h5-6,9,11,13H,4,7-8,10H2,1-3H3/t13-/m0/s1. The van der Waals surface area contributed by atoms with E-state index in [4.69, 9.17) is 23.2 Å². The molecule has 0 unspecified atom stereocenters. The molecule has 1 amide bonds. The molecule has 1 aromatic carbocycles. The van der Waals surface area contributed by atoms with Crippen molar-refractivity contribution in [2.75, 3.05) is 24.5 Å². The molecule has 2 aromatic rings. The summed E-state index contributed by atoms with van der Waals surface area (Å²) in [7, 11) is 0. The third-order valence-corrected chi connectivity index (χ3v) is 5.08. The number of amides is 1. The Hall–Kier alpha value is -1.59. The van der Waals surface area contributed by atoms with Crippen molar-refractivity contribution in [2.24, 2.45) is 5.92 Å². The first-order valence-corrected chi connectivity index (χ1v) is 9.34. The molecule has 0 aliphatic carbocycles. The van der Waals surface area contributed by atoms with Gasteiger partial charge in [-0.15, -0.1) is 0 Å². The summed E-state index contributed by atoms with van der Waals surface area (Å²) in [5.74, 6) is 0.851. The molecule has 0 N–H and O–H groups in total. The average molecular weight is 381 g/mol. The molecule has 0 saturated carbocycles. The number of halogens is 2. The zero-order valence-electron chi connectivity index (χ0n) is 14.7. The van der Waals surface area contributed by atoms with E-state index in [2.05, 4.69) is 14.9 Å². The topological polar surface area (TPSA) is 49.3 Å². The van der Waals surface area contributed by atoms with Crippen LogP contribution >= 0.6 is 23.2 Å². The van der Waals surface area contributed by atoms with Gasteiger partial charge in [0.15, 0.2) is 11.0 Å². The fourth-order valence-corrected chi connectivity index (χ4v) is 3.73. The van der Waals surface area contributed by atoms with Crippen LogP contribution in [0.25, 0.3) is 11.0 Å². The summed E-state index contributed by atoms with van der Waals surface area (Å²) in [6.45, 7) is 8.12. The fourth-order valence-electron chi connectivity index (χ4n) is 3.31. The highest BCUT2D eigenvalue weighted by Crippen LogP contribution is 2.30. The van der Waals surface area contributed by atoms with Crippen molar-refractivity contribution in [3.63, 3.8) is 0 Å². The summed E-state index contributed by atoms with van der Waals surface area (Å²) in [6, 6.07) is 5.55. The number of anilines is 1. The quantitative estimate of drug-likeness (QED) is 0.803. The van der Waals surface area contributed by atoms with Crippen LogP contribution < -0.4 is 4.90 Å². The van der Waals surface area contributed by atoms with Crippen LogP contribution in [0.3, 0.4) is 0 Å². The van der Waals surface area contributed by atoms with Crippen molar-refractivity contribution < 1.29 is 4.79 Å². The van der Waals surface area contributed by atoms with Crippen LogP contribution in [0.2, 0.25) is 10.2 Å². The fraction of sp³-hybridized carbons (Fsp3) is 0.500. The van der Waals surface area contributed by atoms with Gasteiger partial charge < -0.3 is 9.80 Å². The number of hydrogen-bond donors (Lipinski definition) is 0. The van der Waals surface area contributed by atoms with Gasteiger partial charge in [0.25, 0.3) is 0 Å². The second-order valence-electron chi connectivity index (χ2n) is 6.64. The van der Waals surface area contributed by atoms with E-state index in [9.17, 15) is 4.79 Å². The molecule has 1 fully saturated rings. The number of hydrogen-bond acceptors (Lipinski definition) is 4. The Labute approximate surface area is 157 Å². The summed E-state index contributed by atoms with van der Waals surface area (Å²) in [4.78, 5) is 25.6. The number of aromatic nitrogens is 2. The highest BCUT2D eigenvalue weighted by molar-refractivity contribution is 6.32. The molecule has 1 aliphatic heterocycles. The zero-order chi connectivity index (χ0) is 18.1. The molecule has 0 radical (unpaired) electrons. The first-order valence-electron chi connectivity index (χ1n) is 8.59. The second kappa shape index (κ2) is 7.34. The molecule has 0 bridgehead atoms. The molecule has 7 heteroatoms. The molecular weight excluding hydrogens is 359 g/mol. The number of likely N-dealkylation sites (N-methyl/N-ethyl adjacent to an activating group) is 1. The van der Waals surface area contributed by atoms with E-state index in [1.54, 1.807) is 12.1 Å². The van der Waals surface area contributed by atoms with E-state index in [1.165, 1.54) is 0 Å². The van der Waals surface area contributed by atoms with Gasteiger partial charge in [0.2, 0.25) is 5.91 Å². The minimum atomic E-state index is 0.000176. The maximum Gasteiger partial charge on any atom is 0.225 e. The van der Waals surface area contributed by atoms with E-state index in [0.717, 1.165) is 24.0 Å². The van der Waals surface area contributed by atoms with Gasteiger partial charge in [-0.25, -0.2) is 9.97 Å². The molecule has 1 aromatic heterocycles. The smallest absolute Gasteiger partial charge is 0.225 e. The lowest BCUT2D eigenvalue weighted by molar-refractivity contribution is -0.136. The molecular formula is C18H22Cl2N4O. The highest BCUT2D eigenvalue weighted by Gasteiger charge is 2.32. The summed E-state index contributed by atoms with van der Waals surface area (Å²) in [6.07, 6.45) is 0.901. The van der Waals surface area contributed by atoms with Gasteiger partial charge in [-0.3, -0.25) is 4.79 Å². The monoisotopic (exact) mass is 380 g/mol. The van der Waals surface area contributed by atoms with E-state index in [-0.39, 0.29) is 17.9 Å². The first-order chi connectivity index (χ1) is 11.9. The highest BCUT2D eigenvalue weighted by atomic mass is 35.5. The largest absolute Gasteiger partial charge is 0.352 e. The molecule has 25 heavy (non-hydrogen) atoms. The third kappa shape index (κ3) is 3.67. The van der Waals surface area contributed by atoms with Gasteiger partial charge >= 0.3 is 0 Å². The summed E-state index contributed by atoms with van der Waals surface area (Å²) < 4.78 is 0. The zero-order valence-corrected chi connectivity index (χ0v) is 16.2. The average Bonchev–Trinajstić information content (AvgIpc) is 3.04. The van der Waals surface area contributed by atoms with Crippen molar-refractivity contribution >= 4 is 46.0 Å². The van der Waals surface area contributed by atoms with Crippen LogP contribution in [0.15, 0.2) is 18.2 Å². The Morgan fingerprint density at radius 1 is 1.32 bits per heavy atom.